The Bertz CT molecular complexity index is 186. The molecule has 11 heavy (non-hydrogen) atoms. The summed E-state index contributed by atoms with van der Waals surface area (Å²) in [5, 5.41) is 6.59. The molecule has 0 aliphatic carbocycles. The number of nitrogens with zero attached hydrogens (tertiary/aromatic N) is 1. The summed E-state index contributed by atoms with van der Waals surface area (Å²) < 4.78 is 5.35. The monoisotopic (exact) mass is 170 g/mol. The Labute approximate surface area is 68.4 Å². The van der Waals surface area contributed by atoms with Gasteiger partial charge in [0.15, 0.2) is 0 Å². The molecule has 0 aliphatic heterocycles. The molecule has 0 unspecified atom stereocenters. The fourth-order valence-corrected chi connectivity index (χ4v) is 1.32. The Morgan fingerprint density at radius 3 is 3.00 bits per heavy atom. The SMILES string of the molecule is C[SiH](C)CCOc1cc[nH]n1. The smallest absolute Gasteiger partial charge is 0.232 e. The van der Waals surface area contributed by atoms with Crippen molar-refractivity contribution < 1.29 is 4.74 Å². The van der Waals surface area contributed by atoms with Crippen molar-refractivity contribution in [2.45, 2.75) is 19.1 Å². The average Bonchev–Trinajstić information content (AvgIpc) is 2.39. The highest BCUT2D eigenvalue weighted by Crippen LogP contribution is 2.03. The van der Waals surface area contributed by atoms with Crippen LogP contribution in [-0.4, -0.2) is 25.6 Å². The van der Waals surface area contributed by atoms with Gasteiger partial charge in [0.05, 0.1) is 6.61 Å². The molecule has 0 radical (unpaired) electrons. The summed E-state index contributed by atoms with van der Waals surface area (Å²) in [5.41, 5.74) is 0. The van der Waals surface area contributed by atoms with Gasteiger partial charge in [-0.3, -0.25) is 5.10 Å². The highest BCUT2D eigenvalue weighted by Gasteiger charge is 1.97. The number of ether oxygens (including phenoxy) is 1. The predicted octanol–water partition coefficient (Wildman–Crippen LogP) is 1.28. The largest absolute Gasteiger partial charge is 0.477 e. The van der Waals surface area contributed by atoms with E-state index in [4.69, 9.17) is 4.74 Å². The lowest BCUT2D eigenvalue weighted by molar-refractivity contribution is 0.325. The van der Waals surface area contributed by atoms with E-state index in [1.807, 2.05) is 6.07 Å². The van der Waals surface area contributed by atoms with Crippen molar-refractivity contribution in [3.05, 3.63) is 12.3 Å². The summed E-state index contributed by atoms with van der Waals surface area (Å²) in [4.78, 5) is 0. The molecular formula is C7H14N2OSi. The van der Waals surface area contributed by atoms with Crippen LogP contribution in [0, 0.1) is 0 Å². The second-order valence-corrected chi connectivity index (χ2v) is 6.31. The normalized spacial score (nSPS) is 10.5. The molecule has 0 bridgehead atoms. The second-order valence-electron chi connectivity index (χ2n) is 2.94. The third-order valence-electron chi connectivity index (χ3n) is 1.42. The van der Waals surface area contributed by atoms with Crippen molar-refractivity contribution >= 4 is 8.80 Å². The van der Waals surface area contributed by atoms with Crippen LogP contribution in [0.15, 0.2) is 12.3 Å². The zero-order valence-electron chi connectivity index (χ0n) is 7.00. The van der Waals surface area contributed by atoms with Gasteiger partial charge < -0.3 is 4.74 Å². The Balaban J connectivity index is 2.14. The molecular weight excluding hydrogens is 156 g/mol. The van der Waals surface area contributed by atoms with Crippen LogP contribution in [0.25, 0.3) is 0 Å². The number of aromatic amines is 1. The molecule has 62 valence electrons. The molecule has 0 fully saturated rings. The lowest BCUT2D eigenvalue weighted by Gasteiger charge is -2.02. The van der Waals surface area contributed by atoms with Crippen molar-refractivity contribution in [1.82, 2.24) is 10.2 Å². The summed E-state index contributed by atoms with van der Waals surface area (Å²) in [6.45, 7) is 5.44. The Hall–Kier alpha value is -0.773. The van der Waals surface area contributed by atoms with E-state index >= 15 is 0 Å². The molecule has 3 nitrogen and oxygen atoms in total. The van der Waals surface area contributed by atoms with Gasteiger partial charge in [-0.2, -0.15) is 0 Å². The number of aromatic nitrogens is 2. The standard InChI is InChI=1S/C7H14N2OSi/c1-11(2)6-5-10-7-3-4-8-9-7/h3-4,11H,5-6H2,1-2H3,(H,8,9). The van der Waals surface area contributed by atoms with E-state index in [0.29, 0.717) is 5.88 Å². The third kappa shape index (κ3) is 3.22. The van der Waals surface area contributed by atoms with Crippen molar-refractivity contribution in [3.8, 4) is 5.88 Å². The molecule has 0 atom stereocenters. The van der Waals surface area contributed by atoms with Gasteiger partial charge >= 0.3 is 0 Å². The number of hydrogen-bond acceptors (Lipinski definition) is 2. The lowest BCUT2D eigenvalue weighted by atomic mass is 10.7. The molecule has 1 rings (SSSR count). The van der Waals surface area contributed by atoms with E-state index in [9.17, 15) is 0 Å². The van der Waals surface area contributed by atoms with Gasteiger partial charge in [0.1, 0.15) is 0 Å². The maximum atomic E-state index is 5.35. The molecule has 1 N–H and O–H groups in total. The van der Waals surface area contributed by atoms with E-state index in [-0.39, 0.29) is 0 Å². The van der Waals surface area contributed by atoms with Crippen LogP contribution in [0.5, 0.6) is 5.88 Å². The molecule has 0 amide bonds. The Kier molecular flexibility index (Phi) is 3.16. The lowest BCUT2D eigenvalue weighted by Crippen LogP contribution is -2.07. The molecule has 0 saturated heterocycles. The first-order valence-electron chi connectivity index (χ1n) is 3.91. The third-order valence-corrected chi connectivity index (χ3v) is 2.81. The number of nitrogens with one attached hydrogen (secondary N) is 1. The summed E-state index contributed by atoms with van der Waals surface area (Å²) in [6.07, 6.45) is 1.77. The van der Waals surface area contributed by atoms with E-state index in [2.05, 4.69) is 23.3 Å². The van der Waals surface area contributed by atoms with Gasteiger partial charge in [0.2, 0.25) is 5.88 Å². The van der Waals surface area contributed by atoms with Gasteiger partial charge in [0.25, 0.3) is 0 Å². The van der Waals surface area contributed by atoms with Crippen LogP contribution in [0.2, 0.25) is 19.1 Å². The van der Waals surface area contributed by atoms with E-state index in [1.54, 1.807) is 6.20 Å². The summed E-state index contributed by atoms with van der Waals surface area (Å²) in [7, 11) is -0.456. The van der Waals surface area contributed by atoms with Crippen molar-refractivity contribution in [2.75, 3.05) is 6.61 Å². The predicted molar refractivity (Wildman–Crippen MR) is 47.8 cm³/mol. The minimum absolute atomic E-state index is 0.456. The summed E-state index contributed by atoms with van der Waals surface area (Å²) in [5.74, 6) is 0.708. The number of rotatable bonds is 4. The molecule has 0 spiro atoms. The van der Waals surface area contributed by atoms with Crippen LogP contribution in [0.4, 0.5) is 0 Å². The van der Waals surface area contributed by atoms with Gasteiger partial charge in [-0.1, -0.05) is 13.1 Å². The topological polar surface area (TPSA) is 37.9 Å². The van der Waals surface area contributed by atoms with Crippen LogP contribution in [0.1, 0.15) is 0 Å². The van der Waals surface area contributed by atoms with Crippen LogP contribution < -0.4 is 4.74 Å². The number of H-pyrrole nitrogens is 1. The van der Waals surface area contributed by atoms with E-state index in [0.717, 1.165) is 6.61 Å². The second kappa shape index (κ2) is 4.18. The van der Waals surface area contributed by atoms with E-state index in [1.165, 1.54) is 6.04 Å². The Morgan fingerprint density at radius 2 is 2.45 bits per heavy atom. The maximum Gasteiger partial charge on any atom is 0.232 e. The molecule has 1 aromatic heterocycles. The zero-order valence-corrected chi connectivity index (χ0v) is 8.16. The van der Waals surface area contributed by atoms with Crippen molar-refractivity contribution in [1.29, 1.82) is 0 Å². The van der Waals surface area contributed by atoms with Gasteiger partial charge in [-0.05, 0) is 6.04 Å². The Morgan fingerprint density at radius 1 is 1.64 bits per heavy atom. The molecule has 0 aromatic carbocycles. The quantitative estimate of drug-likeness (QED) is 0.691. The van der Waals surface area contributed by atoms with Crippen LogP contribution in [-0.2, 0) is 0 Å². The average molecular weight is 170 g/mol. The fourth-order valence-electron chi connectivity index (χ4n) is 0.726. The molecule has 1 aromatic rings. The first-order chi connectivity index (χ1) is 5.29. The first-order valence-corrected chi connectivity index (χ1v) is 7.04. The first kappa shape index (κ1) is 8.32. The highest BCUT2D eigenvalue weighted by molar-refractivity contribution is 6.55. The van der Waals surface area contributed by atoms with Crippen LogP contribution in [0.3, 0.4) is 0 Å². The van der Waals surface area contributed by atoms with Crippen molar-refractivity contribution in [3.63, 3.8) is 0 Å². The summed E-state index contributed by atoms with van der Waals surface area (Å²) in [6, 6.07) is 3.05. The number of hydrogen-bond donors (Lipinski definition) is 1. The van der Waals surface area contributed by atoms with Gasteiger partial charge in [-0.25, -0.2) is 0 Å². The van der Waals surface area contributed by atoms with Crippen molar-refractivity contribution in [2.24, 2.45) is 0 Å². The maximum absolute atomic E-state index is 5.35. The zero-order chi connectivity index (χ0) is 8.10. The van der Waals surface area contributed by atoms with Crippen LogP contribution >= 0.6 is 0 Å². The molecule has 4 heteroatoms. The van der Waals surface area contributed by atoms with Gasteiger partial charge in [0, 0.05) is 21.1 Å². The minimum Gasteiger partial charge on any atom is -0.477 e. The van der Waals surface area contributed by atoms with Gasteiger partial charge in [-0.15, -0.1) is 5.10 Å². The minimum atomic E-state index is -0.456. The molecule has 0 saturated carbocycles. The van der Waals surface area contributed by atoms with E-state index < -0.39 is 8.80 Å². The molecule has 1 heterocycles. The summed E-state index contributed by atoms with van der Waals surface area (Å²) >= 11 is 0. The fraction of sp³-hybridized carbons (Fsp3) is 0.571. The molecule has 0 aliphatic rings. The highest BCUT2D eigenvalue weighted by atomic mass is 28.3.